The molecule has 0 radical (unpaired) electrons. The molecule has 0 saturated heterocycles. The van der Waals surface area contributed by atoms with Crippen LogP contribution in [0.1, 0.15) is 36.8 Å². The Morgan fingerprint density at radius 1 is 1.33 bits per heavy atom. The van der Waals surface area contributed by atoms with E-state index in [0.717, 1.165) is 0 Å². The predicted octanol–water partition coefficient (Wildman–Crippen LogP) is 3.17. The van der Waals surface area contributed by atoms with E-state index in [9.17, 15) is 4.79 Å². The van der Waals surface area contributed by atoms with Crippen LogP contribution in [0.5, 0.6) is 0 Å². The van der Waals surface area contributed by atoms with Crippen molar-refractivity contribution in [3.63, 3.8) is 0 Å². The predicted molar refractivity (Wildman–Crippen MR) is 60.6 cm³/mol. The number of carbonyl (C=O) groups excluding carboxylic acids is 1. The Morgan fingerprint density at radius 2 is 2.13 bits per heavy atom. The van der Waals surface area contributed by atoms with Gasteiger partial charge in [-0.1, -0.05) is 35.9 Å². The zero-order valence-corrected chi connectivity index (χ0v) is 8.86. The Balaban J connectivity index is 2.01. The summed E-state index contributed by atoms with van der Waals surface area (Å²) in [6.07, 6.45) is 4.12. The third kappa shape index (κ3) is 1.43. The standard InChI is InChI=1S/C14H14O/c1-9(15)6-11-7-10-4-2-3-5-12(10)14-8-13(11)14/h2-5,7,13-14H,6,8H2,1H3. The Labute approximate surface area is 89.8 Å². The van der Waals surface area contributed by atoms with Gasteiger partial charge in [0.05, 0.1) is 0 Å². The van der Waals surface area contributed by atoms with Crippen molar-refractivity contribution in [1.29, 1.82) is 0 Å². The summed E-state index contributed by atoms with van der Waals surface area (Å²) < 4.78 is 0. The average molecular weight is 198 g/mol. The molecule has 0 spiro atoms. The molecule has 15 heavy (non-hydrogen) atoms. The third-order valence-corrected chi connectivity index (χ3v) is 3.46. The van der Waals surface area contributed by atoms with Gasteiger partial charge in [-0.25, -0.2) is 0 Å². The lowest BCUT2D eigenvalue weighted by Crippen LogP contribution is -2.02. The lowest BCUT2D eigenvalue weighted by Gasteiger charge is -2.14. The molecule has 76 valence electrons. The number of fused-ring (bicyclic) bond motifs is 3. The quantitative estimate of drug-likeness (QED) is 0.713. The molecule has 2 aliphatic rings. The lowest BCUT2D eigenvalue weighted by atomic mass is 9.90. The summed E-state index contributed by atoms with van der Waals surface area (Å²) in [5.41, 5.74) is 4.16. The van der Waals surface area contributed by atoms with Crippen LogP contribution >= 0.6 is 0 Å². The van der Waals surface area contributed by atoms with E-state index in [-0.39, 0.29) is 5.78 Å². The summed E-state index contributed by atoms with van der Waals surface area (Å²) in [7, 11) is 0. The number of hydrogen-bond acceptors (Lipinski definition) is 1. The SMILES string of the molecule is CC(=O)CC1=Cc2ccccc2C2CC12. The Hall–Kier alpha value is -1.37. The Bertz CT molecular complexity index is 456. The first-order chi connectivity index (χ1) is 7.25. The first-order valence-corrected chi connectivity index (χ1v) is 5.54. The van der Waals surface area contributed by atoms with Gasteiger partial charge in [-0.2, -0.15) is 0 Å². The molecule has 1 aromatic rings. The van der Waals surface area contributed by atoms with Gasteiger partial charge in [0, 0.05) is 6.42 Å². The van der Waals surface area contributed by atoms with Gasteiger partial charge in [0.25, 0.3) is 0 Å². The maximum atomic E-state index is 11.1. The first-order valence-electron chi connectivity index (χ1n) is 5.54. The zero-order chi connectivity index (χ0) is 10.4. The van der Waals surface area contributed by atoms with E-state index in [1.807, 2.05) is 0 Å². The molecular formula is C14H14O. The molecule has 0 bridgehead atoms. The Morgan fingerprint density at radius 3 is 2.93 bits per heavy atom. The van der Waals surface area contributed by atoms with Gasteiger partial charge in [0.15, 0.2) is 0 Å². The molecule has 1 aromatic carbocycles. The van der Waals surface area contributed by atoms with Gasteiger partial charge < -0.3 is 0 Å². The van der Waals surface area contributed by atoms with Crippen LogP contribution in [0.3, 0.4) is 0 Å². The molecule has 2 aliphatic carbocycles. The van der Waals surface area contributed by atoms with E-state index < -0.39 is 0 Å². The fraction of sp³-hybridized carbons (Fsp3) is 0.357. The van der Waals surface area contributed by atoms with Crippen LogP contribution in [-0.2, 0) is 4.79 Å². The van der Waals surface area contributed by atoms with Gasteiger partial charge in [-0.3, -0.25) is 4.79 Å². The van der Waals surface area contributed by atoms with E-state index in [1.54, 1.807) is 6.92 Å². The van der Waals surface area contributed by atoms with Crippen LogP contribution in [0.4, 0.5) is 0 Å². The lowest BCUT2D eigenvalue weighted by molar-refractivity contribution is -0.116. The summed E-state index contributed by atoms with van der Waals surface area (Å²) in [5.74, 6) is 1.66. The molecule has 3 rings (SSSR count). The molecule has 0 aromatic heterocycles. The molecule has 0 heterocycles. The van der Waals surface area contributed by atoms with Crippen molar-refractivity contribution in [2.24, 2.45) is 5.92 Å². The number of Topliss-reactive ketones (excluding diaryl/α,β-unsaturated/α-hetero) is 1. The largest absolute Gasteiger partial charge is 0.300 e. The molecule has 1 nitrogen and oxygen atoms in total. The second kappa shape index (κ2) is 3.06. The summed E-state index contributed by atoms with van der Waals surface area (Å²) in [6, 6.07) is 8.56. The van der Waals surface area contributed by atoms with Gasteiger partial charge in [-0.05, 0) is 36.3 Å². The normalized spacial score (nSPS) is 26.3. The fourth-order valence-electron chi connectivity index (χ4n) is 2.70. The van der Waals surface area contributed by atoms with Gasteiger partial charge in [0.2, 0.25) is 0 Å². The second-order valence-electron chi connectivity index (χ2n) is 4.68. The minimum atomic E-state index is 0.284. The van der Waals surface area contributed by atoms with E-state index in [4.69, 9.17) is 0 Å². The molecule has 0 aliphatic heterocycles. The van der Waals surface area contributed by atoms with Crippen LogP contribution in [0.15, 0.2) is 29.8 Å². The number of hydrogen-bond donors (Lipinski definition) is 0. The zero-order valence-electron chi connectivity index (χ0n) is 8.86. The molecular weight excluding hydrogens is 184 g/mol. The van der Waals surface area contributed by atoms with Crippen LogP contribution < -0.4 is 0 Å². The van der Waals surface area contributed by atoms with Gasteiger partial charge in [-0.15, -0.1) is 0 Å². The molecule has 1 heteroatoms. The fourth-order valence-corrected chi connectivity index (χ4v) is 2.70. The summed E-state index contributed by atoms with van der Waals surface area (Å²) in [6.45, 7) is 1.68. The highest BCUT2D eigenvalue weighted by atomic mass is 16.1. The number of allylic oxidation sites excluding steroid dienone is 1. The maximum absolute atomic E-state index is 11.1. The topological polar surface area (TPSA) is 17.1 Å². The van der Waals surface area contributed by atoms with Crippen LogP contribution in [0, 0.1) is 5.92 Å². The highest BCUT2D eigenvalue weighted by Gasteiger charge is 2.43. The highest BCUT2D eigenvalue weighted by molar-refractivity contribution is 5.81. The van der Waals surface area contributed by atoms with Gasteiger partial charge in [0.1, 0.15) is 5.78 Å². The van der Waals surface area contributed by atoms with Crippen LogP contribution in [-0.4, -0.2) is 5.78 Å². The van der Waals surface area contributed by atoms with E-state index in [1.165, 1.54) is 23.1 Å². The molecule has 2 atom stereocenters. The second-order valence-corrected chi connectivity index (χ2v) is 4.68. The molecule has 0 amide bonds. The monoisotopic (exact) mass is 198 g/mol. The van der Waals surface area contributed by atoms with Gasteiger partial charge >= 0.3 is 0 Å². The molecule has 2 unspecified atom stereocenters. The number of ketones is 1. The number of rotatable bonds is 2. The van der Waals surface area contributed by atoms with Crippen molar-refractivity contribution in [3.8, 4) is 0 Å². The van der Waals surface area contributed by atoms with Crippen molar-refractivity contribution >= 4 is 11.9 Å². The minimum Gasteiger partial charge on any atom is -0.300 e. The summed E-state index contributed by atoms with van der Waals surface area (Å²) in [4.78, 5) is 11.1. The van der Waals surface area contributed by atoms with Crippen LogP contribution in [0.2, 0.25) is 0 Å². The Kier molecular flexibility index (Phi) is 1.82. The van der Waals surface area contributed by atoms with Crippen molar-refractivity contribution in [1.82, 2.24) is 0 Å². The maximum Gasteiger partial charge on any atom is 0.133 e. The van der Waals surface area contributed by atoms with Crippen LogP contribution in [0.25, 0.3) is 6.08 Å². The highest BCUT2D eigenvalue weighted by Crippen LogP contribution is 2.56. The summed E-state index contributed by atoms with van der Waals surface area (Å²) in [5, 5.41) is 0. The van der Waals surface area contributed by atoms with Crippen molar-refractivity contribution < 1.29 is 4.79 Å². The molecule has 1 saturated carbocycles. The summed E-state index contributed by atoms with van der Waals surface area (Å²) >= 11 is 0. The smallest absolute Gasteiger partial charge is 0.133 e. The van der Waals surface area contributed by atoms with Crippen molar-refractivity contribution in [2.45, 2.75) is 25.7 Å². The average Bonchev–Trinajstić information content (AvgIpc) is 2.97. The van der Waals surface area contributed by atoms with Crippen molar-refractivity contribution in [3.05, 3.63) is 41.0 Å². The molecule has 1 fully saturated rings. The number of benzene rings is 1. The third-order valence-electron chi connectivity index (χ3n) is 3.46. The van der Waals surface area contributed by atoms with E-state index in [0.29, 0.717) is 18.3 Å². The molecule has 0 N–H and O–H groups in total. The first kappa shape index (κ1) is 8.90. The number of carbonyl (C=O) groups is 1. The minimum absolute atomic E-state index is 0.284. The van der Waals surface area contributed by atoms with E-state index in [2.05, 4.69) is 30.3 Å². The van der Waals surface area contributed by atoms with E-state index >= 15 is 0 Å². The van der Waals surface area contributed by atoms with Crippen molar-refractivity contribution in [2.75, 3.05) is 0 Å².